The molecule has 0 amide bonds. The molecule has 0 unspecified atom stereocenters. The number of benzene rings is 1. The minimum atomic E-state index is 0.217. The van der Waals surface area contributed by atoms with Gasteiger partial charge in [0.2, 0.25) is 0 Å². The van der Waals surface area contributed by atoms with Crippen molar-refractivity contribution in [1.82, 2.24) is 9.88 Å². The van der Waals surface area contributed by atoms with Crippen LogP contribution in [-0.4, -0.2) is 29.0 Å². The van der Waals surface area contributed by atoms with Crippen molar-refractivity contribution in [3.05, 3.63) is 65.5 Å². The molecule has 3 heteroatoms. The fourth-order valence-corrected chi connectivity index (χ4v) is 3.02. The molecule has 3 nitrogen and oxygen atoms in total. The number of hydrogen-bond acceptors (Lipinski definition) is 3. The molecule has 2 atom stereocenters. The van der Waals surface area contributed by atoms with Gasteiger partial charge in [0.15, 0.2) is 0 Å². The molecule has 1 saturated heterocycles. The molecule has 0 saturated carbocycles. The average molecular weight is 267 g/mol. The number of aromatic nitrogens is 1. The van der Waals surface area contributed by atoms with E-state index in [2.05, 4.69) is 53.2 Å². The van der Waals surface area contributed by atoms with E-state index in [0.717, 1.165) is 25.3 Å². The number of nitrogens with zero attached hydrogens (tertiary/aromatic N) is 2. The first-order valence-electron chi connectivity index (χ1n) is 7.17. The molecule has 1 aromatic heterocycles. The Hall–Kier alpha value is -1.71. The maximum absolute atomic E-state index is 6.34. The molecule has 1 aromatic carbocycles. The SMILES string of the molecule is Cc1ncccc1CN1C[C@@H](N)[C@H](c2ccccc2)C1. The summed E-state index contributed by atoms with van der Waals surface area (Å²) in [6.45, 7) is 4.99. The van der Waals surface area contributed by atoms with Gasteiger partial charge in [0.1, 0.15) is 0 Å². The van der Waals surface area contributed by atoms with Crippen LogP contribution in [-0.2, 0) is 6.54 Å². The predicted molar refractivity (Wildman–Crippen MR) is 81.4 cm³/mol. The zero-order valence-corrected chi connectivity index (χ0v) is 11.9. The molecule has 0 aliphatic carbocycles. The first-order chi connectivity index (χ1) is 9.74. The maximum Gasteiger partial charge on any atom is 0.0417 e. The molecule has 0 spiro atoms. The van der Waals surface area contributed by atoms with Crippen LogP contribution in [0.1, 0.15) is 22.7 Å². The lowest BCUT2D eigenvalue weighted by Gasteiger charge is -2.17. The number of aryl methyl sites for hydroxylation is 1. The highest BCUT2D eigenvalue weighted by atomic mass is 15.2. The number of pyridine rings is 1. The Morgan fingerprint density at radius 2 is 1.95 bits per heavy atom. The molecule has 2 N–H and O–H groups in total. The van der Waals surface area contributed by atoms with Crippen molar-refractivity contribution in [3.63, 3.8) is 0 Å². The fraction of sp³-hybridized carbons (Fsp3) is 0.353. The van der Waals surface area contributed by atoms with Crippen molar-refractivity contribution in [2.45, 2.75) is 25.4 Å². The van der Waals surface area contributed by atoms with Gasteiger partial charge in [0.25, 0.3) is 0 Å². The van der Waals surface area contributed by atoms with Crippen LogP contribution >= 0.6 is 0 Å². The zero-order valence-electron chi connectivity index (χ0n) is 11.9. The highest BCUT2D eigenvalue weighted by Crippen LogP contribution is 2.27. The number of likely N-dealkylation sites (tertiary alicyclic amines) is 1. The number of nitrogens with two attached hydrogens (primary N) is 1. The quantitative estimate of drug-likeness (QED) is 0.928. The minimum Gasteiger partial charge on any atom is -0.326 e. The van der Waals surface area contributed by atoms with Gasteiger partial charge in [-0.1, -0.05) is 36.4 Å². The monoisotopic (exact) mass is 267 g/mol. The van der Waals surface area contributed by atoms with E-state index in [9.17, 15) is 0 Å². The van der Waals surface area contributed by atoms with Crippen LogP contribution in [0.2, 0.25) is 0 Å². The van der Waals surface area contributed by atoms with Gasteiger partial charge in [0, 0.05) is 43.5 Å². The van der Waals surface area contributed by atoms with E-state index >= 15 is 0 Å². The van der Waals surface area contributed by atoms with Crippen LogP contribution in [0.5, 0.6) is 0 Å². The van der Waals surface area contributed by atoms with Crippen LogP contribution in [0.25, 0.3) is 0 Å². The second-order valence-electron chi connectivity index (χ2n) is 5.62. The summed E-state index contributed by atoms with van der Waals surface area (Å²) in [5.41, 5.74) is 10.1. The molecule has 2 aromatic rings. The minimum absolute atomic E-state index is 0.217. The lowest BCUT2D eigenvalue weighted by molar-refractivity contribution is 0.322. The largest absolute Gasteiger partial charge is 0.326 e. The molecule has 104 valence electrons. The smallest absolute Gasteiger partial charge is 0.0417 e. The summed E-state index contributed by atoms with van der Waals surface area (Å²) in [5.74, 6) is 0.438. The summed E-state index contributed by atoms with van der Waals surface area (Å²) in [4.78, 5) is 6.80. The van der Waals surface area contributed by atoms with Crippen LogP contribution in [0.4, 0.5) is 0 Å². The molecule has 0 radical (unpaired) electrons. The van der Waals surface area contributed by atoms with E-state index < -0.39 is 0 Å². The van der Waals surface area contributed by atoms with Crippen LogP contribution in [0.3, 0.4) is 0 Å². The van der Waals surface area contributed by atoms with Crippen molar-refractivity contribution in [2.24, 2.45) is 5.73 Å². The van der Waals surface area contributed by atoms with E-state index in [1.165, 1.54) is 11.1 Å². The standard InChI is InChI=1S/C17H21N3/c1-13-15(8-5-9-19-13)10-20-11-16(17(18)12-20)14-6-3-2-4-7-14/h2-9,16-17H,10-12,18H2,1H3/t16-,17+/m0/s1. The molecule has 3 rings (SSSR count). The molecular formula is C17H21N3. The van der Waals surface area contributed by atoms with Gasteiger partial charge in [-0.2, -0.15) is 0 Å². The summed E-state index contributed by atoms with van der Waals surface area (Å²) in [7, 11) is 0. The number of hydrogen-bond donors (Lipinski definition) is 1. The van der Waals surface area contributed by atoms with Crippen molar-refractivity contribution in [1.29, 1.82) is 0 Å². The molecule has 1 aliphatic heterocycles. The van der Waals surface area contributed by atoms with E-state index in [-0.39, 0.29) is 6.04 Å². The van der Waals surface area contributed by atoms with E-state index in [1.54, 1.807) is 0 Å². The first kappa shape index (κ1) is 13.3. The Labute approximate surface area is 120 Å². The molecule has 2 heterocycles. The van der Waals surface area contributed by atoms with Crippen LogP contribution in [0, 0.1) is 6.92 Å². The average Bonchev–Trinajstić information content (AvgIpc) is 2.83. The Balaban J connectivity index is 1.71. The highest BCUT2D eigenvalue weighted by molar-refractivity contribution is 5.24. The van der Waals surface area contributed by atoms with E-state index in [1.807, 2.05) is 12.3 Å². The summed E-state index contributed by atoms with van der Waals surface area (Å²) < 4.78 is 0. The fourth-order valence-electron chi connectivity index (χ4n) is 3.02. The van der Waals surface area contributed by atoms with Gasteiger partial charge in [-0.15, -0.1) is 0 Å². The van der Waals surface area contributed by atoms with Gasteiger partial charge < -0.3 is 5.73 Å². The van der Waals surface area contributed by atoms with Crippen LogP contribution < -0.4 is 5.73 Å². The van der Waals surface area contributed by atoms with Gasteiger partial charge in [0.05, 0.1) is 0 Å². The first-order valence-corrected chi connectivity index (χ1v) is 7.17. The Bertz CT molecular complexity index is 567. The van der Waals surface area contributed by atoms with E-state index in [0.29, 0.717) is 5.92 Å². The van der Waals surface area contributed by atoms with Gasteiger partial charge >= 0.3 is 0 Å². The van der Waals surface area contributed by atoms with Gasteiger partial charge in [-0.25, -0.2) is 0 Å². The highest BCUT2D eigenvalue weighted by Gasteiger charge is 2.31. The third-order valence-electron chi connectivity index (χ3n) is 4.18. The maximum atomic E-state index is 6.34. The lowest BCUT2D eigenvalue weighted by Crippen LogP contribution is -2.28. The summed E-state index contributed by atoms with van der Waals surface area (Å²) in [6.07, 6.45) is 1.85. The second kappa shape index (κ2) is 5.73. The summed E-state index contributed by atoms with van der Waals surface area (Å²) in [6, 6.07) is 15.0. The van der Waals surface area contributed by atoms with Crippen LogP contribution in [0.15, 0.2) is 48.7 Å². The Kier molecular flexibility index (Phi) is 3.81. The van der Waals surface area contributed by atoms with Crippen molar-refractivity contribution >= 4 is 0 Å². The lowest BCUT2D eigenvalue weighted by atomic mass is 9.95. The van der Waals surface area contributed by atoms with Gasteiger partial charge in [-0.3, -0.25) is 9.88 Å². The van der Waals surface area contributed by atoms with Crippen molar-refractivity contribution in [3.8, 4) is 0 Å². The molecule has 1 fully saturated rings. The molecule has 20 heavy (non-hydrogen) atoms. The third-order valence-corrected chi connectivity index (χ3v) is 4.18. The summed E-state index contributed by atoms with van der Waals surface area (Å²) >= 11 is 0. The Morgan fingerprint density at radius 1 is 1.15 bits per heavy atom. The predicted octanol–water partition coefficient (Wildman–Crippen LogP) is 2.32. The second-order valence-corrected chi connectivity index (χ2v) is 5.62. The third kappa shape index (κ3) is 2.74. The van der Waals surface area contributed by atoms with Crippen molar-refractivity contribution in [2.75, 3.05) is 13.1 Å². The molecular weight excluding hydrogens is 246 g/mol. The summed E-state index contributed by atoms with van der Waals surface area (Å²) in [5, 5.41) is 0. The Morgan fingerprint density at radius 3 is 2.70 bits per heavy atom. The van der Waals surface area contributed by atoms with Gasteiger partial charge in [-0.05, 0) is 24.1 Å². The van der Waals surface area contributed by atoms with Crippen molar-refractivity contribution < 1.29 is 0 Å². The topological polar surface area (TPSA) is 42.2 Å². The molecule has 0 bridgehead atoms. The zero-order chi connectivity index (χ0) is 13.9. The molecule has 1 aliphatic rings. The normalized spacial score (nSPS) is 23.1. The number of rotatable bonds is 3. The van der Waals surface area contributed by atoms with E-state index in [4.69, 9.17) is 5.73 Å².